The second-order valence-electron chi connectivity index (χ2n) is 12.0. The minimum absolute atomic E-state index is 0.851. The largest absolute Gasteiger partial charge is 0.456 e. The number of thiophene rings is 1. The molecule has 0 amide bonds. The van der Waals surface area contributed by atoms with E-state index in [-0.39, 0.29) is 0 Å². The molecule has 3 heterocycles. The fraction of sp³-hybridized carbons (Fsp3) is 0. The zero-order valence-electron chi connectivity index (χ0n) is 25.6. The Morgan fingerprint density at radius 3 is 1.85 bits per heavy atom. The molecule has 10 aromatic rings. The first kappa shape index (κ1) is 27.4. The highest BCUT2D eigenvalue weighted by molar-refractivity contribution is 7.25. The molecule has 5 heteroatoms. The molecule has 0 N–H and O–H groups in total. The zero-order chi connectivity index (χ0) is 31.6. The molecule has 0 aliphatic heterocycles. The SMILES string of the molecule is c1ccc(-c2ccc(N(c3ccc4oc5cc6nc(-c7ccccc7)sc6cc5c4c3)c3ccc4sc5ccccc5c4c3)cc2)cc1. The zero-order valence-corrected chi connectivity index (χ0v) is 27.3. The van der Waals surface area contributed by atoms with Gasteiger partial charge in [0.15, 0.2) is 0 Å². The van der Waals surface area contributed by atoms with Gasteiger partial charge in [0.25, 0.3) is 0 Å². The number of aromatic nitrogens is 1. The van der Waals surface area contributed by atoms with Gasteiger partial charge in [-0.25, -0.2) is 4.98 Å². The van der Waals surface area contributed by atoms with Gasteiger partial charge in [-0.3, -0.25) is 0 Å². The van der Waals surface area contributed by atoms with Gasteiger partial charge in [-0.1, -0.05) is 91.0 Å². The van der Waals surface area contributed by atoms with Crippen molar-refractivity contribution < 1.29 is 4.42 Å². The summed E-state index contributed by atoms with van der Waals surface area (Å²) in [5, 5.41) is 5.77. The Labute approximate surface area is 284 Å². The lowest BCUT2D eigenvalue weighted by molar-refractivity contribution is 0.669. The number of nitrogens with zero attached hydrogens (tertiary/aromatic N) is 2. The fourth-order valence-corrected chi connectivity index (χ4v) is 8.84. The summed E-state index contributed by atoms with van der Waals surface area (Å²) in [6.07, 6.45) is 0. The van der Waals surface area contributed by atoms with Crippen molar-refractivity contribution in [1.29, 1.82) is 0 Å². The van der Waals surface area contributed by atoms with Crippen LogP contribution in [0.1, 0.15) is 0 Å². The summed E-state index contributed by atoms with van der Waals surface area (Å²) in [6, 6.07) is 56.2. The van der Waals surface area contributed by atoms with E-state index in [0.717, 1.165) is 59.8 Å². The molecule has 48 heavy (non-hydrogen) atoms. The summed E-state index contributed by atoms with van der Waals surface area (Å²) < 4.78 is 10.2. The van der Waals surface area contributed by atoms with E-state index >= 15 is 0 Å². The van der Waals surface area contributed by atoms with E-state index < -0.39 is 0 Å². The van der Waals surface area contributed by atoms with E-state index in [1.807, 2.05) is 17.4 Å². The van der Waals surface area contributed by atoms with Gasteiger partial charge in [0.05, 0.1) is 10.2 Å². The van der Waals surface area contributed by atoms with Crippen LogP contribution in [0.2, 0.25) is 0 Å². The number of hydrogen-bond donors (Lipinski definition) is 0. The van der Waals surface area contributed by atoms with Crippen LogP contribution in [0, 0.1) is 0 Å². The highest BCUT2D eigenvalue weighted by Crippen LogP contribution is 2.43. The predicted molar refractivity (Wildman–Crippen MR) is 205 cm³/mol. The second kappa shape index (κ2) is 10.9. The molecule has 0 fully saturated rings. The number of benzene rings is 7. The quantitative estimate of drug-likeness (QED) is 0.186. The average molecular weight is 651 g/mol. The number of fused-ring (bicyclic) bond motifs is 7. The number of furan rings is 1. The molecule has 0 atom stereocenters. The number of rotatable bonds is 5. The van der Waals surface area contributed by atoms with Gasteiger partial charge in [-0.2, -0.15) is 0 Å². The van der Waals surface area contributed by atoms with Crippen LogP contribution >= 0.6 is 22.7 Å². The fourth-order valence-electron chi connectivity index (χ4n) is 6.76. The summed E-state index contributed by atoms with van der Waals surface area (Å²) in [5.41, 5.74) is 9.50. The number of anilines is 3. The monoisotopic (exact) mass is 650 g/mol. The van der Waals surface area contributed by atoms with Gasteiger partial charge < -0.3 is 9.32 Å². The van der Waals surface area contributed by atoms with E-state index in [1.54, 1.807) is 11.3 Å². The van der Waals surface area contributed by atoms with Crippen LogP contribution in [0.25, 0.3) is 74.0 Å². The van der Waals surface area contributed by atoms with Crippen molar-refractivity contribution in [3.63, 3.8) is 0 Å². The van der Waals surface area contributed by atoms with E-state index in [9.17, 15) is 0 Å². The van der Waals surface area contributed by atoms with Crippen molar-refractivity contribution in [2.75, 3.05) is 4.90 Å². The molecule has 0 bridgehead atoms. The van der Waals surface area contributed by atoms with E-state index in [1.165, 1.54) is 31.3 Å². The molecule has 0 saturated carbocycles. The first-order valence-corrected chi connectivity index (χ1v) is 17.6. The van der Waals surface area contributed by atoms with Crippen molar-refractivity contribution in [1.82, 2.24) is 4.98 Å². The van der Waals surface area contributed by atoms with Crippen LogP contribution in [-0.2, 0) is 0 Å². The molecule has 0 saturated heterocycles. The lowest BCUT2D eigenvalue weighted by Crippen LogP contribution is -2.09. The maximum absolute atomic E-state index is 6.43. The number of thiazole rings is 1. The summed E-state index contributed by atoms with van der Waals surface area (Å²) >= 11 is 3.57. The smallest absolute Gasteiger partial charge is 0.137 e. The molecule has 0 aliphatic rings. The highest BCUT2D eigenvalue weighted by atomic mass is 32.1. The topological polar surface area (TPSA) is 29.3 Å². The van der Waals surface area contributed by atoms with E-state index in [0.29, 0.717) is 0 Å². The van der Waals surface area contributed by atoms with Crippen molar-refractivity contribution in [2.24, 2.45) is 0 Å². The molecule has 10 rings (SSSR count). The van der Waals surface area contributed by atoms with Gasteiger partial charge in [0.1, 0.15) is 16.2 Å². The molecular weight excluding hydrogens is 625 g/mol. The lowest BCUT2D eigenvalue weighted by atomic mass is 10.0. The number of hydrogen-bond acceptors (Lipinski definition) is 5. The Balaban J connectivity index is 1.14. The van der Waals surface area contributed by atoms with E-state index in [2.05, 4.69) is 157 Å². The van der Waals surface area contributed by atoms with Crippen molar-refractivity contribution >= 4 is 92.1 Å². The molecule has 0 unspecified atom stereocenters. The van der Waals surface area contributed by atoms with Crippen LogP contribution in [-0.4, -0.2) is 4.98 Å². The summed E-state index contributed by atoms with van der Waals surface area (Å²) in [4.78, 5) is 7.31. The first-order valence-electron chi connectivity index (χ1n) is 15.9. The van der Waals surface area contributed by atoms with Crippen molar-refractivity contribution in [2.45, 2.75) is 0 Å². The summed E-state index contributed by atoms with van der Waals surface area (Å²) in [5.74, 6) is 0. The lowest BCUT2D eigenvalue weighted by Gasteiger charge is -2.26. The normalized spacial score (nSPS) is 11.8. The minimum Gasteiger partial charge on any atom is -0.456 e. The average Bonchev–Trinajstić information content (AvgIpc) is 3.84. The second-order valence-corrected chi connectivity index (χ2v) is 14.1. The van der Waals surface area contributed by atoms with Gasteiger partial charge >= 0.3 is 0 Å². The maximum Gasteiger partial charge on any atom is 0.137 e. The van der Waals surface area contributed by atoms with Crippen LogP contribution < -0.4 is 4.90 Å². The van der Waals surface area contributed by atoms with E-state index in [4.69, 9.17) is 9.40 Å². The Morgan fingerprint density at radius 2 is 1.04 bits per heavy atom. The van der Waals surface area contributed by atoms with Crippen LogP contribution in [0.3, 0.4) is 0 Å². The molecular formula is C43H26N2OS2. The molecule has 7 aromatic carbocycles. The Morgan fingerprint density at radius 1 is 0.417 bits per heavy atom. The molecule has 0 radical (unpaired) electrons. The Bertz CT molecular complexity index is 2780. The van der Waals surface area contributed by atoms with Gasteiger partial charge in [-0.15, -0.1) is 22.7 Å². The highest BCUT2D eigenvalue weighted by Gasteiger charge is 2.18. The first-order chi connectivity index (χ1) is 23.7. The summed E-state index contributed by atoms with van der Waals surface area (Å²) in [7, 11) is 0. The maximum atomic E-state index is 6.43. The minimum atomic E-state index is 0.851. The standard InChI is InChI=1S/C43H26N2OS2/c1-3-9-27(10-4-1)28-15-17-30(18-16-28)45(32-20-22-41-36(24-32)33-13-7-8-14-40(33)47-41)31-19-21-38-34(23-31)35-25-42-37(26-39(35)46-38)44-43(48-42)29-11-5-2-6-12-29/h1-26H. The third-order valence-electron chi connectivity index (χ3n) is 9.09. The Kier molecular flexibility index (Phi) is 6.22. The van der Waals surface area contributed by atoms with Crippen molar-refractivity contribution in [3.8, 4) is 21.7 Å². The van der Waals surface area contributed by atoms with Gasteiger partial charge in [0.2, 0.25) is 0 Å². The van der Waals surface area contributed by atoms with Crippen LogP contribution in [0.4, 0.5) is 17.1 Å². The van der Waals surface area contributed by atoms with Crippen LogP contribution in [0.15, 0.2) is 162 Å². The molecule has 3 nitrogen and oxygen atoms in total. The van der Waals surface area contributed by atoms with Gasteiger partial charge in [0, 0.05) is 59.6 Å². The third kappa shape index (κ3) is 4.51. The third-order valence-corrected chi connectivity index (χ3v) is 11.3. The van der Waals surface area contributed by atoms with Crippen molar-refractivity contribution in [3.05, 3.63) is 158 Å². The molecule has 226 valence electrons. The van der Waals surface area contributed by atoms with Gasteiger partial charge in [-0.05, 0) is 71.8 Å². The molecule has 0 aliphatic carbocycles. The predicted octanol–water partition coefficient (Wildman–Crippen LogP) is 13.4. The van der Waals surface area contributed by atoms with Crippen LogP contribution in [0.5, 0.6) is 0 Å². The Hall–Kier alpha value is -5.75. The summed E-state index contributed by atoms with van der Waals surface area (Å²) in [6.45, 7) is 0. The molecule has 3 aromatic heterocycles. The molecule has 0 spiro atoms.